The van der Waals surface area contributed by atoms with Crippen molar-refractivity contribution in [2.75, 3.05) is 7.05 Å². The summed E-state index contributed by atoms with van der Waals surface area (Å²) in [5.41, 5.74) is 0. The minimum atomic E-state index is -0.278. The van der Waals surface area contributed by atoms with Gasteiger partial charge in [0.1, 0.15) is 0 Å². The van der Waals surface area contributed by atoms with Crippen molar-refractivity contribution in [1.82, 2.24) is 0 Å². The molecule has 3 heteroatoms. The molecule has 44 valence electrons. The zero-order valence-corrected chi connectivity index (χ0v) is 6.16. The summed E-state index contributed by atoms with van der Waals surface area (Å²) >= 11 is 0. The van der Waals surface area contributed by atoms with Gasteiger partial charge in [-0.1, -0.05) is 0 Å². The average molecular weight is 121 g/mol. The standard InChI is InChI=1S/C4H12NOP/c1-4(2)5(3,6)7/h4H,7H2,1-3H3. The maximum atomic E-state index is 10.7. The number of quaternary nitrogens is 1. The van der Waals surface area contributed by atoms with Crippen LogP contribution in [0.2, 0.25) is 0 Å². The summed E-state index contributed by atoms with van der Waals surface area (Å²) < 4.78 is -0.278. The van der Waals surface area contributed by atoms with Crippen LogP contribution in [0, 0.1) is 5.21 Å². The van der Waals surface area contributed by atoms with Gasteiger partial charge >= 0.3 is 0 Å². The van der Waals surface area contributed by atoms with E-state index in [4.69, 9.17) is 0 Å². The first-order valence-corrected chi connectivity index (χ1v) is 2.82. The van der Waals surface area contributed by atoms with E-state index in [9.17, 15) is 5.21 Å². The SMILES string of the molecule is CC(C)[N+](C)([O-])P. The van der Waals surface area contributed by atoms with Gasteiger partial charge in [0, 0.05) is 0 Å². The molecule has 0 spiro atoms. The third-order valence-corrected chi connectivity index (χ3v) is 1.62. The molecule has 2 nitrogen and oxygen atoms in total. The molecular weight excluding hydrogens is 109 g/mol. The first-order valence-electron chi connectivity index (χ1n) is 2.30. The van der Waals surface area contributed by atoms with Gasteiger partial charge in [-0.2, -0.15) is 0 Å². The molecule has 0 aliphatic heterocycles. The Bertz CT molecular complexity index is 57.2. The van der Waals surface area contributed by atoms with Crippen molar-refractivity contribution in [2.24, 2.45) is 0 Å². The highest BCUT2D eigenvalue weighted by Crippen LogP contribution is 2.13. The minimum Gasteiger partial charge on any atom is -0.632 e. The Kier molecular flexibility index (Phi) is 2.18. The van der Waals surface area contributed by atoms with Crippen molar-refractivity contribution >= 4 is 9.39 Å². The minimum absolute atomic E-state index is 0.144. The summed E-state index contributed by atoms with van der Waals surface area (Å²) in [6.07, 6.45) is 0. The molecule has 0 rings (SSSR count). The van der Waals surface area contributed by atoms with Gasteiger partial charge < -0.3 is 9.62 Å². The molecule has 2 unspecified atom stereocenters. The molecule has 0 aromatic rings. The lowest BCUT2D eigenvalue weighted by Crippen LogP contribution is -2.32. The molecule has 0 aliphatic rings. The summed E-state index contributed by atoms with van der Waals surface area (Å²) in [4.78, 5) is 0. The van der Waals surface area contributed by atoms with Crippen LogP contribution in [0.25, 0.3) is 0 Å². The van der Waals surface area contributed by atoms with Crippen LogP contribution >= 0.6 is 9.39 Å². The van der Waals surface area contributed by atoms with Crippen molar-refractivity contribution in [3.8, 4) is 0 Å². The molecule has 0 saturated heterocycles. The van der Waals surface area contributed by atoms with E-state index >= 15 is 0 Å². The highest BCUT2D eigenvalue weighted by Gasteiger charge is 2.05. The molecule has 7 heavy (non-hydrogen) atoms. The first-order chi connectivity index (χ1) is 2.94. The van der Waals surface area contributed by atoms with Gasteiger partial charge in [0.2, 0.25) is 0 Å². The van der Waals surface area contributed by atoms with Gasteiger partial charge in [-0.3, -0.25) is 0 Å². The lowest BCUT2D eigenvalue weighted by Gasteiger charge is -2.37. The fourth-order valence-electron chi connectivity index (χ4n) is 0. The molecule has 0 fully saturated rings. The predicted octanol–water partition coefficient (Wildman–Crippen LogP) is 1.13. The quantitative estimate of drug-likeness (QED) is 0.376. The van der Waals surface area contributed by atoms with Crippen LogP contribution in [0.15, 0.2) is 0 Å². The second-order valence-electron chi connectivity index (χ2n) is 2.15. The molecular formula is C4H12NOP. The number of rotatable bonds is 1. The van der Waals surface area contributed by atoms with Crippen molar-refractivity contribution < 1.29 is 4.42 Å². The molecule has 0 N–H and O–H groups in total. The highest BCUT2D eigenvalue weighted by molar-refractivity contribution is 7.09. The molecule has 0 saturated carbocycles. The fourth-order valence-corrected chi connectivity index (χ4v) is 0. The third-order valence-electron chi connectivity index (χ3n) is 1.03. The Morgan fingerprint density at radius 1 is 1.57 bits per heavy atom. The van der Waals surface area contributed by atoms with Gasteiger partial charge in [-0.05, 0) is 13.8 Å². The number of hydrogen-bond donors (Lipinski definition) is 0. The number of hydroxylamine groups is 2. The van der Waals surface area contributed by atoms with E-state index in [-0.39, 0.29) is 10.5 Å². The molecule has 0 amide bonds. The number of hydrogen-bond acceptors (Lipinski definition) is 1. The Labute approximate surface area is 46.9 Å². The molecule has 0 radical (unpaired) electrons. The summed E-state index contributed by atoms with van der Waals surface area (Å²) in [7, 11) is 3.82. The second-order valence-corrected chi connectivity index (χ2v) is 3.18. The Morgan fingerprint density at radius 2 is 1.71 bits per heavy atom. The topological polar surface area (TPSA) is 23.1 Å². The summed E-state index contributed by atoms with van der Waals surface area (Å²) in [6, 6.07) is 0.144. The predicted molar refractivity (Wildman–Crippen MR) is 34.4 cm³/mol. The normalized spacial score (nSPS) is 19.7. The van der Waals surface area contributed by atoms with Crippen molar-refractivity contribution in [1.29, 1.82) is 0 Å². The van der Waals surface area contributed by atoms with E-state index in [0.717, 1.165) is 0 Å². The number of nitrogens with zero attached hydrogens (tertiary/aromatic N) is 1. The molecule has 0 aromatic heterocycles. The van der Waals surface area contributed by atoms with Crippen molar-refractivity contribution in [3.63, 3.8) is 0 Å². The van der Waals surface area contributed by atoms with Crippen molar-refractivity contribution in [3.05, 3.63) is 5.21 Å². The third kappa shape index (κ3) is 2.98. The van der Waals surface area contributed by atoms with E-state index in [1.165, 1.54) is 0 Å². The summed E-state index contributed by atoms with van der Waals surface area (Å²) in [6.45, 7) is 3.78. The molecule has 0 aromatic carbocycles. The van der Waals surface area contributed by atoms with Gasteiger partial charge in [-0.25, -0.2) is 0 Å². The van der Waals surface area contributed by atoms with Crippen LogP contribution in [-0.4, -0.2) is 17.5 Å². The van der Waals surface area contributed by atoms with Crippen LogP contribution in [0.5, 0.6) is 0 Å². The maximum absolute atomic E-state index is 10.7. The molecule has 2 atom stereocenters. The van der Waals surface area contributed by atoms with Gasteiger partial charge in [0.15, 0.2) is 0 Å². The van der Waals surface area contributed by atoms with Gasteiger partial charge in [-0.15, -0.1) is 0 Å². The highest BCUT2D eigenvalue weighted by atomic mass is 31.0. The second kappa shape index (κ2) is 2.08. The van der Waals surface area contributed by atoms with Gasteiger partial charge in [0.25, 0.3) is 0 Å². The Balaban J connectivity index is 3.54. The van der Waals surface area contributed by atoms with Crippen LogP contribution in [0.1, 0.15) is 13.8 Å². The van der Waals surface area contributed by atoms with Crippen molar-refractivity contribution in [2.45, 2.75) is 19.9 Å². The Hall–Kier alpha value is 0.350. The molecule has 0 aliphatic carbocycles. The van der Waals surface area contributed by atoms with Crippen LogP contribution in [0.3, 0.4) is 0 Å². The smallest absolute Gasteiger partial charge is 0.0835 e. The van der Waals surface area contributed by atoms with E-state index in [1.54, 1.807) is 7.05 Å². The monoisotopic (exact) mass is 121 g/mol. The zero-order chi connectivity index (χ0) is 6.08. The lowest BCUT2D eigenvalue weighted by molar-refractivity contribution is -0.747. The summed E-state index contributed by atoms with van der Waals surface area (Å²) in [5.74, 6) is 0. The summed E-state index contributed by atoms with van der Waals surface area (Å²) in [5, 5.41) is 10.7. The average Bonchev–Trinajstić information content (AvgIpc) is 1.31. The van der Waals surface area contributed by atoms with E-state index in [2.05, 4.69) is 9.39 Å². The fraction of sp³-hybridized carbons (Fsp3) is 1.00. The van der Waals surface area contributed by atoms with Gasteiger partial charge in [0.05, 0.1) is 22.5 Å². The first kappa shape index (κ1) is 7.35. The van der Waals surface area contributed by atoms with E-state index < -0.39 is 0 Å². The molecule has 0 heterocycles. The van der Waals surface area contributed by atoms with Crippen LogP contribution in [0.4, 0.5) is 0 Å². The van der Waals surface area contributed by atoms with Crippen LogP contribution in [-0.2, 0) is 0 Å². The maximum Gasteiger partial charge on any atom is 0.0835 e. The van der Waals surface area contributed by atoms with Crippen LogP contribution < -0.4 is 0 Å². The Morgan fingerprint density at radius 3 is 1.71 bits per heavy atom. The lowest BCUT2D eigenvalue weighted by atomic mass is 10.4. The largest absolute Gasteiger partial charge is 0.632 e. The van der Waals surface area contributed by atoms with E-state index in [1.807, 2.05) is 13.8 Å². The molecule has 0 bridgehead atoms. The zero-order valence-electron chi connectivity index (χ0n) is 5.01. The van der Waals surface area contributed by atoms with E-state index in [0.29, 0.717) is 0 Å².